The van der Waals surface area contributed by atoms with Gasteiger partial charge in [-0.3, -0.25) is 19.2 Å². The van der Waals surface area contributed by atoms with Crippen LogP contribution in [0.2, 0.25) is 0 Å². The number of hydrogen-bond acceptors (Lipinski definition) is 6. The summed E-state index contributed by atoms with van der Waals surface area (Å²) in [6, 6.07) is 8.94. The molecule has 1 aromatic carbocycles. The largest absolute Gasteiger partial charge is 0.467 e. The first-order valence-electron chi connectivity index (χ1n) is 12.8. The van der Waals surface area contributed by atoms with Crippen molar-refractivity contribution < 1.29 is 28.3 Å². The molecule has 5 aliphatic rings. The minimum atomic E-state index is -0.878. The van der Waals surface area contributed by atoms with Gasteiger partial charge in [0.15, 0.2) is 0 Å². The third-order valence-corrected chi connectivity index (χ3v) is 8.51. The molecule has 8 nitrogen and oxygen atoms in total. The molecule has 36 heavy (non-hydrogen) atoms. The lowest BCUT2D eigenvalue weighted by Gasteiger charge is -2.56. The van der Waals surface area contributed by atoms with E-state index in [0.717, 1.165) is 24.2 Å². The first-order chi connectivity index (χ1) is 17.3. The maximum atomic E-state index is 14.3. The van der Waals surface area contributed by atoms with E-state index in [1.807, 2.05) is 0 Å². The second kappa shape index (κ2) is 8.61. The summed E-state index contributed by atoms with van der Waals surface area (Å²) in [5.41, 5.74) is -0.0485. The predicted molar refractivity (Wildman–Crippen MR) is 129 cm³/mol. The van der Waals surface area contributed by atoms with Gasteiger partial charge in [0.1, 0.15) is 17.6 Å². The van der Waals surface area contributed by atoms with E-state index in [1.54, 1.807) is 47.6 Å². The van der Waals surface area contributed by atoms with Crippen LogP contribution < -0.4 is 9.64 Å². The minimum absolute atomic E-state index is 0.00351. The van der Waals surface area contributed by atoms with Crippen LogP contribution in [-0.2, 0) is 25.7 Å². The van der Waals surface area contributed by atoms with Crippen LogP contribution in [0.5, 0.6) is 5.75 Å². The van der Waals surface area contributed by atoms with Crippen molar-refractivity contribution in [1.82, 2.24) is 4.90 Å². The van der Waals surface area contributed by atoms with Gasteiger partial charge >= 0.3 is 5.97 Å². The van der Waals surface area contributed by atoms with Gasteiger partial charge in [0.25, 0.3) is 5.91 Å². The summed E-state index contributed by atoms with van der Waals surface area (Å²) >= 11 is 0. The quantitative estimate of drug-likeness (QED) is 0.344. The Morgan fingerprint density at radius 1 is 1.03 bits per heavy atom. The number of carbonyl (C=O) groups is 4. The Balaban J connectivity index is 1.29. The van der Waals surface area contributed by atoms with Crippen LogP contribution in [0.1, 0.15) is 57.6 Å². The van der Waals surface area contributed by atoms with Crippen molar-refractivity contribution >= 4 is 29.4 Å². The summed E-state index contributed by atoms with van der Waals surface area (Å²) in [7, 11) is 0. The lowest BCUT2D eigenvalue weighted by molar-refractivity contribution is -0.162. The number of rotatable bonds is 6. The smallest absolute Gasteiger partial charge is 0.308 e. The fraction of sp³-hybridized carbons (Fsp3) is 0.500. The summed E-state index contributed by atoms with van der Waals surface area (Å²) < 4.78 is 10.6. The Labute approximate surface area is 209 Å². The molecule has 0 N–H and O–H groups in total. The molecule has 7 rings (SSSR count). The fourth-order valence-electron chi connectivity index (χ4n) is 7.53. The second-order valence-corrected chi connectivity index (χ2v) is 11.1. The molecule has 0 radical (unpaired) electrons. The highest BCUT2D eigenvalue weighted by atomic mass is 16.5. The second-order valence-electron chi connectivity index (χ2n) is 11.1. The first kappa shape index (κ1) is 23.0. The van der Waals surface area contributed by atoms with E-state index < -0.39 is 23.3 Å². The van der Waals surface area contributed by atoms with Crippen LogP contribution in [-0.4, -0.2) is 34.6 Å². The Hall–Kier alpha value is -3.42. The summed E-state index contributed by atoms with van der Waals surface area (Å²) in [5, 5.41) is 0. The van der Waals surface area contributed by atoms with Gasteiger partial charge in [-0.25, -0.2) is 4.90 Å². The SMILES string of the molecule is CC(=O)Oc1ccc(N2C(=O)CC(N(Cc3ccco3)C(=O)C34CC5CC(CC(C5)C3)C4)C2=O)cc1. The highest BCUT2D eigenvalue weighted by Crippen LogP contribution is 2.60. The molecule has 1 aliphatic heterocycles. The summed E-state index contributed by atoms with van der Waals surface area (Å²) in [6.07, 6.45) is 7.76. The van der Waals surface area contributed by atoms with Crippen molar-refractivity contribution in [2.45, 2.75) is 64.5 Å². The number of anilines is 1. The van der Waals surface area contributed by atoms with Gasteiger partial charge in [-0.2, -0.15) is 0 Å². The zero-order valence-corrected chi connectivity index (χ0v) is 20.4. The molecule has 1 atom stereocenters. The van der Waals surface area contributed by atoms with E-state index in [1.165, 1.54) is 26.2 Å². The standard InChI is InChI=1S/C28H30N2O6/c1-17(31)36-22-6-4-21(5-7-22)30-25(32)12-24(26(30)33)29(16-23-3-2-8-35-23)27(34)28-13-18-9-19(14-28)11-20(10-18)15-28/h2-8,18-20,24H,9-16H2,1H3. The number of hydrogen-bond donors (Lipinski definition) is 0. The van der Waals surface area contributed by atoms with Gasteiger partial charge in [-0.05, 0) is 92.7 Å². The van der Waals surface area contributed by atoms with Gasteiger partial charge in [0.2, 0.25) is 11.8 Å². The molecule has 2 heterocycles. The van der Waals surface area contributed by atoms with Gasteiger partial charge < -0.3 is 14.1 Å². The summed E-state index contributed by atoms with van der Waals surface area (Å²) in [5.74, 6) is 1.45. The Morgan fingerprint density at radius 2 is 1.67 bits per heavy atom. The molecule has 4 bridgehead atoms. The van der Waals surface area contributed by atoms with E-state index in [9.17, 15) is 19.2 Å². The number of nitrogens with zero attached hydrogens (tertiary/aromatic N) is 2. The minimum Gasteiger partial charge on any atom is -0.467 e. The van der Waals surface area contributed by atoms with Crippen molar-refractivity contribution in [3.05, 3.63) is 48.4 Å². The molecular weight excluding hydrogens is 460 g/mol. The van der Waals surface area contributed by atoms with Crippen LogP contribution in [0.3, 0.4) is 0 Å². The maximum absolute atomic E-state index is 14.3. The number of amides is 3. The van der Waals surface area contributed by atoms with Gasteiger partial charge in [0.05, 0.1) is 30.3 Å². The lowest BCUT2D eigenvalue weighted by Crippen LogP contribution is -2.57. The van der Waals surface area contributed by atoms with Crippen molar-refractivity contribution in [1.29, 1.82) is 0 Å². The molecule has 4 saturated carbocycles. The van der Waals surface area contributed by atoms with E-state index in [0.29, 0.717) is 35.0 Å². The van der Waals surface area contributed by atoms with Crippen molar-refractivity contribution in [2.75, 3.05) is 4.90 Å². The molecular formula is C28H30N2O6. The van der Waals surface area contributed by atoms with Crippen LogP contribution in [0.25, 0.3) is 0 Å². The zero-order chi connectivity index (χ0) is 25.0. The van der Waals surface area contributed by atoms with Gasteiger partial charge in [-0.1, -0.05) is 0 Å². The van der Waals surface area contributed by atoms with Gasteiger partial charge in [0, 0.05) is 6.92 Å². The number of furan rings is 1. The van der Waals surface area contributed by atoms with Crippen molar-refractivity contribution in [3.63, 3.8) is 0 Å². The molecule has 4 aliphatic carbocycles. The topological polar surface area (TPSA) is 97.1 Å². The van der Waals surface area contributed by atoms with E-state index in [2.05, 4.69) is 0 Å². The molecule has 8 heteroatoms. The molecule has 2 aromatic rings. The molecule has 3 amide bonds. The summed E-state index contributed by atoms with van der Waals surface area (Å²) in [4.78, 5) is 55.1. The Bertz CT molecular complexity index is 1170. The molecule has 1 unspecified atom stereocenters. The number of esters is 1. The Kier molecular flexibility index (Phi) is 5.50. The number of benzene rings is 1. The lowest BCUT2D eigenvalue weighted by atomic mass is 9.49. The van der Waals surface area contributed by atoms with E-state index >= 15 is 0 Å². The highest BCUT2D eigenvalue weighted by Gasteiger charge is 2.57. The van der Waals surface area contributed by atoms with Crippen LogP contribution in [0.15, 0.2) is 47.1 Å². The zero-order valence-electron chi connectivity index (χ0n) is 20.4. The molecule has 0 spiro atoms. The van der Waals surface area contributed by atoms with Crippen LogP contribution in [0, 0.1) is 23.2 Å². The first-order valence-corrected chi connectivity index (χ1v) is 12.8. The third-order valence-electron chi connectivity index (χ3n) is 8.51. The Morgan fingerprint density at radius 3 is 2.22 bits per heavy atom. The van der Waals surface area contributed by atoms with Crippen LogP contribution in [0.4, 0.5) is 5.69 Å². The maximum Gasteiger partial charge on any atom is 0.308 e. The van der Waals surface area contributed by atoms with Crippen molar-refractivity contribution in [3.8, 4) is 5.75 Å². The van der Waals surface area contributed by atoms with E-state index in [4.69, 9.17) is 9.15 Å². The molecule has 188 valence electrons. The predicted octanol–water partition coefficient (Wildman–Crippen LogP) is 4.08. The summed E-state index contributed by atoms with van der Waals surface area (Å²) in [6.45, 7) is 1.47. The van der Waals surface area contributed by atoms with Gasteiger partial charge in [-0.15, -0.1) is 0 Å². The van der Waals surface area contributed by atoms with Crippen LogP contribution >= 0.6 is 0 Å². The average Bonchev–Trinajstić information content (AvgIpc) is 3.44. The average molecular weight is 491 g/mol. The molecule has 1 aromatic heterocycles. The normalized spacial score (nSPS) is 30.6. The highest BCUT2D eigenvalue weighted by molar-refractivity contribution is 6.23. The number of ether oxygens (including phenoxy) is 1. The monoisotopic (exact) mass is 490 g/mol. The number of carbonyl (C=O) groups excluding carboxylic acids is 4. The third kappa shape index (κ3) is 3.92. The van der Waals surface area contributed by atoms with Crippen molar-refractivity contribution in [2.24, 2.45) is 23.2 Å². The number of imide groups is 1. The molecule has 5 fully saturated rings. The fourth-order valence-corrected chi connectivity index (χ4v) is 7.53. The van der Waals surface area contributed by atoms with E-state index in [-0.39, 0.29) is 24.8 Å². The molecule has 1 saturated heterocycles.